The minimum atomic E-state index is -0.391. The highest BCUT2D eigenvalue weighted by molar-refractivity contribution is 7.09. The second-order valence-electron chi connectivity index (χ2n) is 5.39. The summed E-state index contributed by atoms with van der Waals surface area (Å²) in [5, 5.41) is 2.89. The average Bonchev–Trinajstić information content (AvgIpc) is 3.11. The predicted octanol–water partition coefficient (Wildman–Crippen LogP) is 2.96. The molecule has 6 nitrogen and oxygen atoms in total. The zero-order valence-electron chi connectivity index (χ0n) is 12.3. The molecule has 0 atom stereocenters. The van der Waals surface area contributed by atoms with E-state index in [1.807, 2.05) is 0 Å². The molecule has 0 unspecified atom stereocenters. The van der Waals surface area contributed by atoms with Gasteiger partial charge in [-0.2, -0.15) is 0 Å². The number of hydrogen-bond donors (Lipinski definition) is 0. The molecule has 0 saturated heterocycles. The Morgan fingerprint density at radius 3 is 3.00 bits per heavy atom. The molecule has 0 N–H and O–H groups in total. The Kier molecular flexibility index (Phi) is 3.63. The maximum Gasteiger partial charge on any atom is 0.340 e. The van der Waals surface area contributed by atoms with Crippen molar-refractivity contribution in [3.05, 3.63) is 58.7 Å². The fourth-order valence-corrected chi connectivity index (χ4v) is 3.01. The third-order valence-corrected chi connectivity index (χ3v) is 4.48. The highest BCUT2D eigenvalue weighted by Gasteiger charge is 2.26. The largest absolute Gasteiger partial charge is 0.455 e. The number of carbonyl (C=O) groups excluding carboxylic acids is 1. The van der Waals surface area contributed by atoms with Gasteiger partial charge in [0, 0.05) is 29.9 Å². The first kappa shape index (κ1) is 14.1. The Morgan fingerprint density at radius 1 is 1.39 bits per heavy atom. The van der Waals surface area contributed by atoms with Crippen molar-refractivity contribution in [2.24, 2.45) is 0 Å². The molecule has 1 aliphatic carbocycles. The van der Waals surface area contributed by atoms with Crippen LogP contribution in [0.5, 0.6) is 0 Å². The van der Waals surface area contributed by atoms with E-state index in [9.17, 15) is 4.79 Å². The van der Waals surface area contributed by atoms with E-state index in [0.29, 0.717) is 17.3 Å². The van der Waals surface area contributed by atoms with E-state index >= 15 is 0 Å². The number of pyridine rings is 1. The van der Waals surface area contributed by atoms with Crippen LogP contribution in [0.3, 0.4) is 0 Å². The molecule has 0 aliphatic heterocycles. The molecule has 1 aliphatic rings. The van der Waals surface area contributed by atoms with E-state index < -0.39 is 5.97 Å². The molecule has 0 bridgehead atoms. The van der Waals surface area contributed by atoms with Crippen LogP contribution in [0.15, 0.2) is 42.4 Å². The summed E-state index contributed by atoms with van der Waals surface area (Å²) in [6, 6.07) is 3.45. The van der Waals surface area contributed by atoms with Crippen LogP contribution >= 0.6 is 11.3 Å². The maximum absolute atomic E-state index is 12.1. The van der Waals surface area contributed by atoms with Gasteiger partial charge >= 0.3 is 5.97 Å². The summed E-state index contributed by atoms with van der Waals surface area (Å²) in [6.07, 6.45) is 9.07. The van der Waals surface area contributed by atoms with Crippen LogP contribution in [-0.2, 0) is 11.3 Å². The summed E-state index contributed by atoms with van der Waals surface area (Å²) in [6.45, 7) is 0.208. The lowest BCUT2D eigenvalue weighted by atomic mass is 10.3. The van der Waals surface area contributed by atoms with Crippen LogP contribution in [-0.4, -0.2) is 25.5 Å². The number of rotatable bonds is 5. The van der Waals surface area contributed by atoms with Crippen LogP contribution in [0.4, 0.5) is 0 Å². The minimum Gasteiger partial charge on any atom is -0.455 e. The molecule has 0 radical (unpaired) electrons. The van der Waals surface area contributed by atoms with Crippen LogP contribution in [0.1, 0.15) is 39.8 Å². The quantitative estimate of drug-likeness (QED) is 0.674. The lowest BCUT2D eigenvalue weighted by Gasteiger charge is -2.04. The molecule has 4 rings (SSSR count). The maximum atomic E-state index is 12.1. The minimum absolute atomic E-state index is 0.208. The fourth-order valence-electron chi connectivity index (χ4n) is 2.22. The summed E-state index contributed by atoms with van der Waals surface area (Å²) in [4.78, 5) is 24.8. The van der Waals surface area contributed by atoms with E-state index in [0.717, 1.165) is 10.7 Å². The van der Waals surface area contributed by atoms with Gasteiger partial charge in [0.25, 0.3) is 0 Å². The Hall–Kier alpha value is -2.54. The normalized spacial score (nSPS) is 13.9. The topological polar surface area (TPSA) is 69.9 Å². The molecule has 0 amide bonds. The second-order valence-corrected chi connectivity index (χ2v) is 6.33. The van der Waals surface area contributed by atoms with Gasteiger partial charge in [-0.1, -0.05) is 0 Å². The van der Waals surface area contributed by atoms with Gasteiger partial charge in [0.15, 0.2) is 0 Å². The monoisotopic (exact) mass is 326 g/mol. The van der Waals surface area contributed by atoms with Gasteiger partial charge in [-0.15, -0.1) is 11.3 Å². The van der Waals surface area contributed by atoms with Crippen molar-refractivity contribution in [1.82, 2.24) is 19.5 Å². The zero-order chi connectivity index (χ0) is 15.6. The van der Waals surface area contributed by atoms with Gasteiger partial charge in [-0.25, -0.2) is 19.7 Å². The van der Waals surface area contributed by atoms with Crippen molar-refractivity contribution < 1.29 is 9.53 Å². The molecular weight excluding hydrogens is 312 g/mol. The molecule has 1 fully saturated rings. The van der Waals surface area contributed by atoms with Crippen LogP contribution < -0.4 is 0 Å². The smallest absolute Gasteiger partial charge is 0.340 e. The van der Waals surface area contributed by atoms with Crippen molar-refractivity contribution in [2.75, 3.05) is 0 Å². The number of hydrogen-bond acceptors (Lipinski definition) is 6. The SMILES string of the molecule is O=C(OCc1nc(C2CC2)cs1)c1ccc(-n2ccnc2)nc1. The predicted molar refractivity (Wildman–Crippen MR) is 84.6 cm³/mol. The Morgan fingerprint density at radius 2 is 2.30 bits per heavy atom. The summed E-state index contributed by atoms with van der Waals surface area (Å²) in [5.74, 6) is 0.932. The Bertz CT molecular complexity index is 807. The van der Waals surface area contributed by atoms with Crippen molar-refractivity contribution in [3.8, 4) is 5.82 Å². The zero-order valence-corrected chi connectivity index (χ0v) is 13.1. The van der Waals surface area contributed by atoms with Crippen molar-refractivity contribution in [3.63, 3.8) is 0 Å². The number of aromatic nitrogens is 4. The number of thiazole rings is 1. The first-order valence-corrected chi connectivity index (χ1v) is 8.23. The number of esters is 1. The summed E-state index contributed by atoms with van der Waals surface area (Å²) >= 11 is 1.54. The van der Waals surface area contributed by atoms with Crippen LogP contribution in [0.2, 0.25) is 0 Å². The molecular formula is C16H14N4O2S. The fraction of sp³-hybridized carbons (Fsp3) is 0.250. The van der Waals surface area contributed by atoms with Crippen molar-refractivity contribution >= 4 is 17.3 Å². The Balaban J connectivity index is 1.38. The standard InChI is InChI=1S/C16H14N4O2S/c21-16(22-8-15-19-13(9-23-15)11-1-2-11)12-3-4-14(18-7-12)20-6-5-17-10-20/h3-7,9-11H,1-2,8H2. The van der Waals surface area contributed by atoms with E-state index in [1.165, 1.54) is 19.0 Å². The summed E-state index contributed by atoms with van der Waals surface area (Å²) < 4.78 is 7.08. The van der Waals surface area contributed by atoms with Gasteiger partial charge in [-0.05, 0) is 25.0 Å². The number of carbonyl (C=O) groups is 1. The van der Waals surface area contributed by atoms with Crippen molar-refractivity contribution in [1.29, 1.82) is 0 Å². The summed E-state index contributed by atoms with van der Waals surface area (Å²) in [5.41, 5.74) is 1.56. The van der Waals surface area contributed by atoms with Crippen molar-refractivity contribution in [2.45, 2.75) is 25.4 Å². The number of imidazole rings is 1. The molecule has 0 aromatic carbocycles. The molecule has 0 spiro atoms. The third kappa shape index (κ3) is 3.14. The highest BCUT2D eigenvalue weighted by Crippen LogP contribution is 2.40. The molecule has 3 heterocycles. The van der Waals surface area contributed by atoms with Gasteiger partial charge in [0.05, 0.1) is 11.3 Å². The number of ether oxygens (including phenoxy) is 1. The first-order chi connectivity index (χ1) is 11.3. The van der Waals surface area contributed by atoms with Gasteiger partial charge in [0.1, 0.15) is 23.8 Å². The van der Waals surface area contributed by atoms with Gasteiger partial charge in [0.2, 0.25) is 0 Å². The summed E-state index contributed by atoms with van der Waals surface area (Å²) in [7, 11) is 0. The average molecular weight is 326 g/mol. The van der Waals surface area contributed by atoms with Crippen LogP contribution in [0.25, 0.3) is 5.82 Å². The molecule has 116 valence electrons. The molecule has 1 saturated carbocycles. The lowest BCUT2D eigenvalue weighted by Crippen LogP contribution is -2.06. The molecule has 23 heavy (non-hydrogen) atoms. The second kappa shape index (κ2) is 5.92. The molecule has 7 heteroatoms. The van der Waals surface area contributed by atoms with E-state index in [-0.39, 0.29) is 6.61 Å². The first-order valence-electron chi connectivity index (χ1n) is 7.35. The molecule has 3 aromatic rings. The molecule has 3 aromatic heterocycles. The Labute approximate surface area is 136 Å². The number of nitrogens with zero attached hydrogens (tertiary/aromatic N) is 4. The van der Waals surface area contributed by atoms with Gasteiger partial charge in [-0.3, -0.25) is 4.57 Å². The third-order valence-electron chi connectivity index (χ3n) is 3.64. The van der Waals surface area contributed by atoms with E-state index in [4.69, 9.17) is 4.74 Å². The van der Waals surface area contributed by atoms with Gasteiger partial charge < -0.3 is 4.74 Å². The highest BCUT2D eigenvalue weighted by atomic mass is 32.1. The van der Waals surface area contributed by atoms with Crippen LogP contribution in [0, 0.1) is 0 Å². The van der Waals surface area contributed by atoms with E-state index in [2.05, 4.69) is 20.3 Å². The van der Waals surface area contributed by atoms with E-state index in [1.54, 1.807) is 46.8 Å². The lowest BCUT2D eigenvalue weighted by molar-refractivity contribution is 0.0472.